The smallest absolute Gasteiger partial charge is 0.311 e. The first-order chi connectivity index (χ1) is 15.5. The summed E-state index contributed by atoms with van der Waals surface area (Å²) in [6.07, 6.45) is 19.0. The fraction of sp³-hybridized carbons (Fsp3) is 0.759. The Kier molecular flexibility index (Phi) is 19.7. The minimum atomic E-state index is -0.212. The molecule has 0 saturated carbocycles. The number of rotatable bonds is 20. The van der Waals surface area contributed by atoms with Crippen molar-refractivity contribution in [1.82, 2.24) is 5.32 Å². The molecule has 0 saturated heterocycles. The Morgan fingerprint density at radius 2 is 1.30 bits per heavy atom. The second-order valence-electron chi connectivity index (χ2n) is 9.79. The van der Waals surface area contributed by atoms with Gasteiger partial charge in [0.2, 0.25) is 0 Å². The maximum atomic E-state index is 12.5. The van der Waals surface area contributed by atoms with Gasteiger partial charge in [0.05, 0.1) is 6.42 Å². The first-order valence-corrected chi connectivity index (χ1v) is 13.5. The number of benzene rings is 1. The Bertz CT molecular complexity index is 562. The molecule has 1 unspecified atom stereocenters. The number of esters is 1. The highest BCUT2D eigenvalue weighted by Gasteiger charge is 2.27. The predicted octanol–water partition coefficient (Wildman–Crippen LogP) is 8.78. The van der Waals surface area contributed by atoms with Crippen LogP contribution in [0.4, 0.5) is 0 Å². The summed E-state index contributed by atoms with van der Waals surface area (Å²) in [5, 5.41) is 3.76. The number of carbonyl (C=O) groups excluding carboxylic acids is 1. The molecule has 192 valence electrons. The third-order valence-electron chi connectivity index (χ3n) is 6.51. The molecule has 1 aromatic carbocycles. The van der Waals surface area contributed by atoms with Crippen LogP contribution in [-0.2, 0) is 16.0 Å². The quantitative estimate of drug-likeness (QED) is 0.115. The predicted molar refractivity (Wildman–Crippen MR) is 145 cm³/mol. The van der Waals surface area contributed by atoms with Crippen molar-refractivity contribution in [2.24, 2.45) is 0 Å². The summed E-state index contributed by atoms with van der Waals surface area (Å²) in [5.41, 5.74) is 1.04. The van der Waals surface area contributed by atoms with E-state index in [9.17, 15) is 4.79 Å². The number of hydrogen-bond donors (Lipinski definition) is 1. The van der Waals surface area contributed by atoms with Gasteiger partial charge in [-0.2, -0.15) is 0 Å². The van der Waals surface area contributed by atoms with Crippen LogP contribution in [0.15, 0.2) is 30.3 Å². The maximum Gasteiger partial charge on any atom is 0.311 e. The van der Waals surface area contributed by atoms with Gasteiger partial charge >= 0.3 is 5.97 Å². The van der Waals surface area contributed by atoms with Crippen LogP contribution in [0.5, 0.6) is 0 Å². The van der Waals surface area contributed by atoms with Crippen LogP contribution in [0.1, 0.15) is 130 Å². The monoisotopic (exact) mass is 481 g/mol. The SMILES string of the molecule is CCCCCCCCC(C)(CCCCCCCC)NC(CC)OC(=O)Cc1ccccc1.Cl. The highest BCUT2D eigenvalue weighted by atomic mass is 35.5. The third kappa shape index (κ3) is 16.2. The van der Waals surface area contributed by atoms with Crippen molar-refractivity contribution < 1.29 is 9.53 Å². The van der Waals surface area contributed by atoms with Crippen LogP contribution in [0.25, 0.3) is 0 Å². The summed E-state index contributed by atoms with van der Waals surface area (Å²) in [6.45, 7) is 8.99. The number of ether oxygens (including phenoxy) is 1. The second kappa shape index (κ2) is 20.3. The largest absolute Gasteiger partial charge is 0.446 e. The Labute approximate surface area is 211 Å². The fourth-order valence-electron chi connectivity index (χ4n) is 4.43. The number of hydrogen-bond acceptors (Lipinski definition) is 3. The summed E-state index contributed by atoms with van der Waals surface area (Å²) >= 11 is 0. The zero-order valence-corrected chi connectivity index (χ0v) is 22.8. The first kappa shape index (κ1) is 31.9. The van der Waals surface area contributed by atoms with Gasteiger partial charge in [0.25, 0.3) is 0 Å². The summed E-state index contributed by atoms with van der Waals surface area (Å²) in [7, 11) is 0. The van der Waals surface area contributed by atoms with E-state index in [1.807, 2.05) is 30.3 Å². The lowest BCUT2D eigenvalue weighted by Crippen LogP contribution is -2.49. The van der Waals surface area contributed by atoms with Gasteiger partial charge in [-0.25, -0.2) is 0 Å². The van der Waals surface area contributed by atoms with Crippen LogP contribution in [0, 0.1) is 0 Å². The lowest BCUT2D eigenvalue weighted by molar-refractivity contribution is -0.151. The molecular weight excluding hydrogens is 430 g/mol. The van der Waals surface area contributed by atoms with Gasteiger partial charge < -0.3 is 4.74 Å². The molecule has 0 fully saturated rings. The maximum absolute atomic E-state index is 12.5. The molecule has 3 nitrogen and oxygen atoms in total. The molecule has 0 amide bonds. The molecule has 33 heavy (non-hydrogen) atoms. The number of halogens is 1. The molecular formula is C29H52ClNO2. The van der Waals surface area contributed by atoms with Crippen molar-refractivity contribution in [3.8, 4) is 0 Å². The summed E-state index contributed by atoms with van der Waals surface area (Å²) < 4.78 is 5.87. The standard InChI is InChI=1S/C29H51NO2.ClH/c1-5-8-10-12-14-19-23-29(4,24-20-15-13-11-9-6-2)30-27(7-3)32-28(31)25-26-21-17-16-18-22-26;/h16-18,21-22,27,30H,5-15,19-20,23-25H2,1-4H3;1H. The molecule has 0 radical (unpaired) electrons. The Morgan fingerprint density at radius 1 is 0.818 bits per heavy atom. The van der Waals surface area contributed by atoms with Crippen molar-refractivity contribution in [1.29, 1.82) is 0 Å². The second-order valence-corrected chi connectivity index (χ2v) is 9.79. The van der Waals surface area contributed by atoms with Crippen molar-refractivity contribution in [3.05, 3.63) is 35.9 Å². The van der Waals surface area contributed by atoms with E-state index in [4.69, 9.17) is 4.74 Å². The van der Waals surface area contributed by atoms with Gasteiger partial charge in [-0.1, -0.05) is 128 Å². The van der Waals surface area contributed by atoms with Crippen LogP contribution in [-0.4, -0.2) is 17.7 Å². The molecule has 1 aromatic rings. The van der Waals surface area contributed by atoms with Gasteiger partial charge in [0.15, 0.2) is 6.23 Å². The van der Waals surface area contributed by atoms with Crippen LogP contribution in [0.2, 0.25) is 0 Å². The summed E-state index contributed by atoms with van der Waals surface area (Å²) in [6, 6.07) is 9.88. The lowest BCUT2D eigenvalue weighted by atomic mass is 9.87. The average Bonchev–Trinajstić information content (AvgIpc) is 2.79. The molecule has 0 aliphatic carbocycles. The minimum Gasteiger partial charge on any atom is -0.446 e. The van der Waals surface area contributed by atoms with E-state index in [1.54, 1.807) is 0 Å². The summed E-state index contributed by atoms with van der Waals surface area (Å²) in [5.74, 6) is -0.142. The Morgan fingerprint density at radius 3 is 1.79 bits per heavy atom. The van der Waals surface area contributed by atoms with Gasteiger partial charge in [-0.05, 0) is 31.7 Å². The van der Waals surface area contributed by atoms with E-state index in [0.717, 1.165) is 24.8 Å². The average molecular weight is 482 g/mol. The van der Waals surface area contributed by atoms with Crippen molar-refractivity contribution >= 4 is 18.4 Å². The van der Waals surface area contributed by atoms with E-state index < -0.39 is 0 Å². The fourth-order valence-corrected chi connectivity index (χ4v) is 4.43. The molecule has 0 aromatic heterocycles. The van der Waals surface area contributed by atoms with Crippen LogP contribution >= 0.6 is 12.4 Å². The van der Waals surface area contributed by atoms with Gasteiger partial charge in [-0.15, -0.1) is 12.4 Å². The normalized spacial score (nSPS) is 12.2. The molecule has 4 heteroatoms. The van der Waals surface area contributed by atoms with E-state index in [0.29, 0.717) is 6.42 Å². The van der Waals surface area contributed by atoms with E-state index >= 15 is 0 Å². The van der Waals surface area contributed by atoms with Crippen LogP contribution < -0.4 is 5.32 Å². The highest BCUT2D eigenvalue weighted by molar-refractivity contribution is 5.85. The van der Waals surface area contributed by atoms with Gasteiger partial charge in [0, 0.05) is 5.54 Å². The summed E-state index contributed by atoms with van der Waals surface area (Å²) in [4.78, 5) is 12.5. The van der Waals surface area contributed by atoms with Crippen LogP contribution in [0.3, 0.4) is 0 Å². The number of unbranched alkanes of at least 4 members (excludes halogenated alkanes) is 10. The molecule has 1 atom stereocenters. The number of nitrogens with one attached hydrogen (secondary N) is 1. The highest BCUT2D eigenvalue weighted by Crippen LogP contribution is 2.25. The van der Waals surface area contributed by atoms with E-state index in [2.05, 4.69) is 33.0 Å². The molecule has 0 bridgehead atoms. The molecule has 0 heterocycles. The van der Waals surface area contributed by atoms with Crippen molar-refractivity contribution in [2.75, 3.05) is 0 Å². The first-order valence-electron chi connectivity index (χ1n) is 13.5. The zero-order chi connectivity index (χ0) is 23.5. The molecule has 1 rings (SSSR count). The van der Waals surface area contributed by atoms with E-state index in [1.165, 1.54) is 77.0 Å². The van der Waals surface area contributed by atoms with Crippen molar-refractivity contribution in [3.63, 3.8) is 0 Å². The third-order valence-corrected chi connectivity index (χ3v) is 6.51. The Balaban J connectivity index is 0.0000102. The Hall–Kier alpha value is -1.06. The number of carbonyl (C=O) groups is 1. The topological polar surface area (TPSA) is 38.3 Å². The molecule has 0 spiro atoms. The molecule has 0 aliphatic heterocycles. The molecule has 0 aliphatic rings. The zero-order valence-electron chi connectivity index (χ0n) is 22.0. The van der Waals surface area contributed by atoms with E-state index in [-0.39, 0.29) is 30.1 Å². The molecule has 1 N–H and O–H groups in total. The minimum absolute atomic E-state index is 0. The van der Waals surface area contributed by atoms with Gasteiger partial charge in [-0.3, -0.25) is 10.1 Å². The van der Waals surface area contributed by atoms with Crippen molar-refractivity contribution in [2.45, 2.75) is 142 Å². The van der Waals surface area contributed by atoms with Gasteiger partial charge in [0.1, 0.15) is 0 Å². The lowest BCUT2D eigenvalue weighted by Gasteiger charge is -2.35.